The lowest BCUT2D eigenvalue weighted by Crippen LogP contribution is -2.31. The van der Waals surface area contributed by atoms with E-state index in [1.54, 1.807) is 50.6 Å². The van der Waals surface area contributed by atoms with Crippen molar-refractivity contribution in [2.75, 3.05) is 32.6 Å². The molecule has 0 saturated carbocycles. The fraction of sp³-hybridized carbons (Fsp3) is 0.222. The van der Waals surface area contributed by atoms with E-state index in [0.29, 0.717) is 27.8 Å². The number of aryl methyl sites for hydroxylation is 1. The predicted octanol–water partition coefficient (Wildman–Crippen LogP) is 5.66. The first-order valence-corrected chi connectivity index (χ1v) is 15.0. The number of nitrogens with two attached hydrogens (primary N) is 1. The molecule has 0 radical (unpaired) electrons. The van der Waals surface area contributed by atoms with Gasteiger partial charge in [0, 0.05) is 29.9 Å². The number of hydrogen-bond donors (Lipinski definition) is 2. The Morgan fingerprint density at radius 3 is 2.24 bits per heavy atom. The third-order valence-corrected chi connectivity index (χ3v) is 8.18. The number of hydrogen-bond acceptors (Lipinski definition) is 7. The van der Waals surface area contributed by atoms with Gasteiger partial charge in [-0.05, 0) is 85.0 Å². The van der Waals surface area contributed by atoms with Crippen molar-refractivity contribution in [3.63, 3.8) is 0 Å². The summed E-state index contributed by atoms with van der Waals surface area (Å²) in [6, 6.07) is 26.4. The number of carbonyl (C=O) groups excluding carboxylic acids is 2. The highest BCUT2D eigenvalue weighted by atomic mass is 16.5. The lowest BCUT2D eigenvalue weighted by molar-refractivity contribution is 0.0993. The summed E-state index contributed by atoms with van der Waals surface area (Å²) in [7, 11) is 3.34. The molecule has 5 aromatic rings. The molecule has 9 heteroatoms. The van der Waals surface area contributed by atoms with Crippen LogP contribution in [0.3, 0.4) is 0 Å². The number of carbonyl (C=O) groups is 2. The van der Waals surface area contributed by atoms with Crippen LogP contribution in [-0.4, -0.2) is 54.0 Å². The topological polar surface area (TPSA) is 120 Å². The molecule has 1 aliphatic heterocycles. The second-order valence-corrected chi connectivity index (χ2v) is 11.1. The number of fused-ring (bicyclic) bond motifs is 2. The molecule has 4 aromatic carbocycles. The number of anilines is 1. The number of ether oxygens (including phenoxy) is 2. The van der Waals surface area contributed by atoms with E-state index in [1.165, 1.54) is 16.7 Å². The summed E-state index contributed by atoms with van der Waals surface area (Å²) in [6.07, 6.45) is 2.95. The van der Waals surface area contributed by atoms with Gasteiger partial charge in [-0.25, -0.2) is 9.97 Å². The smallest absolute Gasteiger partial charge is 0.269 e. The molecule has 0 aliphatic carbocycles. The van der Waals surface area contributed by atoms with Crippen molar-refractivity contribution in [1.29, 1.82) is 0 Å². The Kier molecular flexibility index (Phi) is 8.70. The standard InChI is InChI=1S/C36H35N5O4/c1-44-31-20-24-17-19-41(22-25(24)21-32(31)45-2)18-7-8-23-13-15-26(16-14-23)38-36(43)28-10-4-3-9-27(28)33-34(35(37)42)40-30-12-6-5-11-29(30)39-33/h3-6,9-16,20-21H,7-8,17-19,22H2,1-2H3,(H2,37,42)(H,38,43). The molecule has 2 amide bonds. The number of primary amides is 1. The van der Waals surface area contributed by atoms with Crippen molar-refractivity contribution in [3.05, 3.63) is 113 Å². The highest BCUT2D eigenvalue weighted by molar-refractivity contribution is 6.10. The number of rotatable bonds is 10. The van der Waals surface area contributed by atoms with Gasteiger partial charge in [0.05, 0.1) is 25.3 Å². The number of aromatic nitrogens is 2. The number of amides is 2. The zero-order valence-electron chi connectivity index (χ0n) is 25.4. The molecule has 9 nitrogen and oxygen atoms in total. The summed E-state index contributed by atoms with van der Waals surface area (Å²) >= 11 is 0. The Hall–Kier alpha value is -5.28. The fourth-order valence-electron chi connectivity index (χ4n) is 5.84. The normalized spacial score (nSPS) is 12.8. The van der Waals surface area contributed by atoms with Gasteiger partial charge in [0.25, 0.3) is 11.8 Å². The van der Waals surface area contributed by atoms with Crippen LogP contribution in [-0.2, 0) is 19.4 Å². The van der Waals surface area contributed by atoms with E-state index < -0.39 is 5.91 Å². The molecule has 1 aromatic heterocycles. The predicted molar refractivity (Wildman–Crippen MR) is 175 cm³/mol. The molecule has 3 N–H and O–H groups in total. The molecule has 0 spiro atoms. The Bertz CT molecular complexity index is 1870. The summed E-state index contributed by atoms with van der Waals surface area (Å²) in [5, 5.41) is 2.99. The van der Waals surface area contributed by atoms with Crippen LogP contribution >= 0.6 is 0 Å². The number of nitrogens with zero attached hydrogens (tertiary/aromatic N) is 3. The first kappa shape index (κ1) is 29.8. The monoisotopic (exact) mass is 601 g/mol. The first-order chi connectivity index (χ1) is 21.9. The summed E-state index contributed by atoms with van der Waals surface area (Å²) < 4.78 is 11.0. The van der Waals surface area contributed by atoms with E-state index >= 15 is 0 Å². The number of benzene rings is 4. The van der Waals surface area contributed by atoms with Crippen molar-refractivity contribution in [2.45, 2.75) is 25.8 Å². The summed E-state index contributed by atoms with van der Waals surface area (Å²) in [4.78, 5) is 37.3. The first-order valence-electron chi connectivity index (χ1n) is 15.0. The van der Waals surface area contributed by atoms with Crippen molar-refractivity contribution < 1.29 is 19.1 Å². The average Bonchev–Trinajstić information content (AvgIpc) is 3.07. The van der Waals surface area contributed by atoms with E-state index in [9.17, 15) is 9.59 Å². The van der Waals surface area contributed by atoms with Gasteiger partial charge in [0.1, 0.15) is 5.69 Å². The van der Waals surface area contributed by atoms with Crippen LogP contribution in [0.5, 0.6) is 11.5 Å². The minimum atomic E-state index is -0.708. The van der Waals surface area contributed by atoms with Gasteiger partial charge in [0.15, 0.2) is 17.2 Å². The van der Waals surface area contributed by atoms with E-state index in [-0.39, 0.29) is 17.3 Å². The van der Waals surface area contributed by atoms with Crippen LogP contribution in [0.1, 0.15) is 44.0 Å². The largest absolute Gasteiger partial charge is 0.493 e. The Morgan fingerprint density at radius 2 is 1.53 bits per heavy atom. The van der Waals surface area contributed by atoms with Gasteiger partial charge in [-0.3, -0.25) is 14.5 Å². The molecule has 1 aliphatic rings. The molecular weight excluding hydrogens is 566 g/mol. The van der Waals surface area contributed by atoms with Gasteiger partial charge in [-0.15, -0.1) is 0 Å². The molecule has 45 heavy (non-hydrogen) atoms. The quantitative estimate of drug-likeness (QED) is 0.212. The lowest BCUT2D eigenvalue weighted by atomic mass is 9.98. The fourth-order valence-corrected chi connectivity index (χ4v) is 5.84. The molecule has 0 fully saturated rings. The summed E-state index contributed by atoms with van der Waals surface area (Å²) in [5.41, 5.74) is 12.5. The number of nitrogens with one attached hydrogen (secondary N) is 1. The Balaban J connectivity index is 1.09. The van der Waals surface area contributed by atoms with Crippen molar-refractivity contribution in [1.82, 2.24) is 14.9 Å². The van der Waals surface area contributed by atoms with Crippen molar-refractivity contribution in [2.24, 2.45) is 5.73 Å². The van der Waals surface area contributed by atoms with Crippen molar-refractivity contribution >= 4 is 28.5 Å². The van der Waals surface area contributed by atoms with Gasteiger partial charge in [-0.1, -0.05) is 42.5 Å². The van der Waals surface area contributed by atoms with Crippen LogP contribution in [0.15, 0.2) is 84.9 Å². The molecule has 0 atom stereocenters. The summed E-state index contributed by atoms with van der Waals surface area (Å²) in [5.74, 6) is 0.528. The van der Waals surface area contributed by atoms with Gasteiger partial charge in [-0.2, -0.15) is 0 Å². The Labute approximate surface area is 262 Å². The minimum absolute atomic E-state index is 0.0204. The maximum Gasteiger partial charge on any atom is 0.269 e. The van der Waals surface area contributed by atoms with Crippen molar-refractivity contribution in [3.8, 4) is 22.8 Å². The SMILES string of the molecule is COc1cc2c(cc1OC)CN(CCCc1ccc(NC(=O)c3ccccc3-c3nc4ccccc4nc3C(N)=O)cc1)CC2. The maximum absolute atomic E-state index is 13.5. The van der Waals surface area contributed by atoms with E-state index in [1.807, 2.05) is 36.4 Å². The van der Waals surface area contributed by atoms with Crippen LogP contribution < -0.4 is 20.5 Å². The molecule has 0 saturated heterocycles. The molecule has 2 heterocycles. The zero-order chi connectivity index (χ0) is 31.3. The lowest BCUT2D eigenvalue weighted by Gasteiger charge is -2.29. The van der Waals surface area contributed by atoms with E-state index in [2.05, 4.69) is 32.3 Å². The van der Waals surface area contributed by atoms with Gasteiger partial charge in [0.2, 0.25) is 0 Å². The second kappa shape index (κ2) is 13.2. The van der Waals surface area contributed by atoms with Crippen LogP contribution in [0, 0.1) is 0 Å². The Morgan fingerprint density at radius 1 is 0.867 bits per heavy atom. The van der Waals surface area contributed by atoms with E-state index in [4.69, 9.17) is 15.2 Å². The highest BCUT2D eigenvalue weighted by Crippen LogP contribution is 2.33. The molecule has 228 valence electrons. The number of para-hydroxylation sites is 2. The second-order valence-electron chi connectivity index (χ2n) is 11.1. The van der Waals surface area contributed by atoms with Crippen LogP contribution in [0.25, 0.3) is 22.3 Å². The number of methoxy groups -OCH3 is 2. The van der Waals surface area contributed by atoms with Crippen LogP contribution in [0.2, 0.25) is 0 Å². The highest BCUT2D eigenvalue weighted by Gasteiger charge is 2.22. The molecule has 0 bridgehead atoms. The minimum Gasteiger partial charge on any atom is -0.493 e. The molecular formula is C36H35N5O4. The van der Waals surface area contributed by atoms with Gasteiger partial charge < -0.3 is 20.5 Å². The third kappa shape index (κ3) is 6.49. The average molecular weight is 602 g/mol. The maximum atomic E-state index is 13.5. The molecule has 0 unspecified atom stereocenters. The van der Waals surface area contributed by atoms with E-state index in [0.717, 1.165) is 50.4 Å². The zero-order valence-corrected chi connectivity index (χ0v) is 25.4. The summed E-state index contributed by atoms with van der Waals surface area (Å²) in [6.45, 7) is 2.91. The third-order valence-electron chi connectivity index (χ3n) is 8.18. The molecule has 6 rings (SSSR count). The van der Waals surface area contributed by atoms with Gasteiger partial charge >= 0.3 is 0 Å². The van der Waals surface area contributed by atoms with Crippen LogP contribution in [0.4, 0.5) is 5.69 Å².